The second kappa shape index (κ2) is 18.2. The van der Waals surface area contributed by atoms with Gasteiger partial charge >= 0.3 is 5.97 Å². The lowest BCUT2D eigenvalue weighted by atomic mass is 9.32. The van der Waals surface area contributed by atoms with Gasteiger partial charge in [0, 0.05) is 12.3 Å². The van der Waals surface area contributed by atoms with E-state index < -0.39 is 6.10 Å². The molecule has 5 fully saturated rings. The lowest BCUT2D eigenvalue weighted by Gasteiger charge is -2.72. The van der Waals surface area contributed by atoms with Crippen LogP contribution in [0.25, 0.3) is 0 Å². The van der Waals surface area contributed by atoms with Crippen LogP contribution in [-0.2, 0) is 9.53 Å². The summed E-state index contributed by atoms with van der Waals surface area (Å²) in [5.74, 6) is 2.70. The molecule has 52 heavy (non-hydrogen) atoms. The Labute approximate surface area is 322 Å². The zero-order valence-electron chi connectivity index (χ0n) is 35.3. The van der Waals surface area contributed by atoms with Gasteiger partial charge in [-0.3, -0.25) is 4.79 Å². The third-order valence-electron chi connectivity index (χ3n) is 17.4. The monoisotopic (exact) mass is 721 g/mol. The number of aliphatic hydroxyl groups is 1. The van der Waals surface area contributed by atoms with E-state index in [-0.39, 0.29) is 34.2 Å². The lowest BCUT2D eigenvalue weighted by Crippen LogP contribution is -2.67. The van der Waals surface area contributed by atoms with Crippen molar-refractivity contribution in [3.8, 4) is 0 Å². The highest BCUT2D eigenvalue weighted by molar-refractivity contribution is 5.69. The molecule has 0 aromatic heterocycles. The number of ether oxygens (including phenoxy) is 1. The van der Waals surface area contributed by atoms with Crippen molar-refractivity contribution in [1.29, 1.82) is 0 Å². The van der Waals surface area contributed by atoms with Gasteiger partial charge in [0.05, 0.1) is 6.10 Å². The molecule has 0 aromatic rings. The van der Waals surface area contributed by atoms with Gasteiger partial charge in [-0.15, -0.1) is 0 Å². The van der Waals surface area contributed by atoms with Gasteiger partial charge < -0.3 is 9.84 Å². The molecule has 0 aliphatic heterocycles. The van der Waals surface area contributed by atoms with Crippen LogP contribution in [0, 0.1) is 51.2 Å². The summed E-state index contributed by atoms with van der Waals surface area (Å²) in [4.78, 5) is 13.1. The lowest BCUT2D eigenvalue weighted by molar-refractivity contribution is -0.247. The Kier molecular flexibility index (Phi) is 14.8. The summed E-state index contributed by atoms with van der Waals surface area (Å²) < 4.78 is 6.17. The van der Waals surface area contributed by atoms with E-state index in [2.05, 4.69) is 54.7 Å². The minimum Gasteiger partial charge on any atom is -0.458 e. The highest BCUT2D eigenvalue weighted by Crippen LogP contribution is 2.77. The molecule has 1 N–H and O–H groups in total. The summed E-state index contributed by atoms with van der Waals surface area (Å²) >= 11 is 0. The van der Waals surface area contributed by atoms with Gasteiger partial charge in [-0.05, 0) is 122 Å². The van der Waals surface area contributed by atoms with Gasteiger partial charge in [0.1, 0.15) is 6.10 Å². The quantitative estimate of drug-likeness (QED) is 0.0774. The van der Waals surface area contributed by atoms with Crippen molar-refractivity contribution in [3.05, 3.63) is 24.3 Å². The summed E-state index contributed by atoms with van der Waals surface area (Å²) in [6.07, 6.45) is 33.2. The first kappa shape index (κ1) is 42.1. The molecule has 0 amide bonds. The third kappa shape index (κ3) is 8.50. The second-order valence-electron chi connectivity index (χ2n) is 20.4. The number of hydrogen-bond acceptors (Lipinski definition) is 3. The van der Waals surface area contributed by atoms with Crippen molar-refractivity contribution in [3.63, 3.8) is 0 Å². The SMILES string of the molecule is C=C(C)C1CCC2(C)C1CCC1(C)C2CCC2C3(C)CCC(OC(=O)CCCCCCCCCCCCCCCCCCC)C(=C)C3C(O)CC21C. The molecule has 0 heterocycles. The van der Waals surface area contributed by atoms with Crippen LogP contribution in [0.5, 0.6) is 0 Å². The molecule has 0 saturated heterocycles. The van der Waals surface area contributed by atoms with Crippen LogP contribution >= 0.6 is 0 Å². The number of fused-ring (bicyclic) bond motifs is 7. The zero-order valence-corrected chi connectivity index (χ0v) is 35.3. The number of hydrogen-bond donors (Lipinski definition) is 1. The molecule has 5 aliphatic carbocycles. The van der Waals surface area contributed by atoms with Crippen molar-refractivity contribution < 1.29 is 14.6 Å². The molecule has 5 rings (SSSR count). The molecule has 0 radical (unpaired) electrons. The Morgan fingerprint density at radius 3 is 1.73 bits per heavy atom. The van der Waals surface area contributed by atoms with Crippen molar-refractivity contribution >= 4 is 5.97 Å². The highest BCUT2D eigenvalue weighted by Gasteiger charge is 2.71. The van der Waals surface area contributed by atoms with Gasteiger partial charge in [-0.1, -0.05) is 156 Å². The normalized spacial score (nSPS) is 39.7. The molecule has 11 atom stereocenters. The first-order valence-electron chi connectivity index (χ1n) is 23.0. The average molecular weight is 721 g/mol. The van der Waals surface area contributed by atoms with Gasteiger partial charge in [0.2, 0.25) is 0 Å². The highest BCUT2D eigenvalue weighted by atomic mass is 16.5. The number of esters is 1. The van der Waals surface area contributed by atoms with E-state index in [1.54, 1.807) is 0 Å². The van der Waals surface area contributed by atoms with Gasteiger partial charge in [0.15, 0.2) is 0 Å². The number of carbonyl (C=O) groups is 1. The summed E-state index contributed by atoms with van der Waals surface area (Å²) in [6.45, 7) is 23.9. The number of allylic oxidation sites excluding steroid dienone is 1. The molecule has 0 bridgehead atoms. The molecular formula is C49H84O3. The Morgan fingerprint density at radius 1 is 0.692 bits per heavy atom. The largest absolute Gasteiger partial charge is 0.458 e. The standard InChI is InChI=1S/C49H84O3/c1-9-10-11-12-13-14-15-16-17-18-19-20-21-22-23-24-25-26-44(51)52-41-31-33-47(6)43-28-27-42-46(5)32-29-38(36(2)3)39(46)30-34-48(42,7)49(43,8)35-40(50)45(47)37(41)4/h38-43,45,50H,2,4,9-35H2,1,3,5-8H3. The molecule has 5 aliphatic rings. The van der Waals surface area contributed by atoms with E-state index in [0.29, 0.717) is 29.6 Å². The zero-order chi connectivity index (χ0) is 37.6. The van der Waals surface area contributed by atoms with Gasteiger partial charge in [0.25, 0.3) is 0 Å². The Balaban J connectivity index is 1.01. The minimum absolute atomic E-state index is 0.00160. The van der Waals surface area contributed by atoms with Crippen molar-refractivity contribution in [2.24, 2.45) is 51.2 Å². The first-order valence-corrected chi connectivity index (χ1v) is 23.0. The maximum absolute atomic E-state index is 13.1. The van der Waals surface area contributed by atoms with E-state index in [1.807, 2.05) is 0 Å². The van der Waals surface area contributed by atoms with Crippen LogP contribution < -0.4 is 0 Å². The van der Waals surface area contributed by atoms with E-state index in [1.165, 1.54) is 140 Å². The predicted octanol–water partition coefficient (Wildman–Crippen LogP) is 14.1. The topological polar surface area (TPSA) is 46.5 Å². The van der Waals surface area contributed by atoms with E-state index in [4.69, 9.17) is 4.74 Å². The Morgan fingerprint density at radius 2 is 1.19 bits per heavy atom. The molecule has 3 heteroatoms. The van der Waals surface area contributed by atoms with Crippen LogP contribution in [0.3, 0.4) is 0 Å². The maximum atomic E-state index is 13.1. The van der Waals surface area contributed by atoms with Crippen LogP contribution in [0.4, 0.5) is 0 Å². The van der Waals surface area contributed by atoms with Crippen LogP contribution in [0.15, 0.2) is 24.3 Å². The van der Waals surface area contributed by atoms with Crippen molar-refractivity contribution in [2.75, 3.05) is 0 Å². The fourth-order valence-corrected chi connectivity index (χ4v) is 14.4. The maximum Gasteiger partial charge on any atom is 0.306 e. The van der Waals surface area contributed by atoms with E-state index in [9.17, 15) is 9.90 Å². The smallest absolute Gasteiger partial charge is 0.306 e. The summed E-state index contributed by atoms with van der Waals surface area (Å²) in [5, 5.41) is 12.1. The molecule has 5 saturated carbocycles. The molecule has 0 spiro atoms. The molecule has 11 unspecified atom stereocenters. The van der Waals surface area contributed by atoms with Gasteiger partial charge in [-0.25, -0.2) is 0 Å². The van der Waals surface area contributed by atoms with Crippen LogP contribution in [0.2, 0.25) is 0 Å². The Hall–Kier alpha value is -1.09. The molecule has 3 nitrogen and oxygen atoms in total. The van der Waals surface area contributed by atoms with E-state index >= 15 is 0 Å². The summed E-state index contributed by atoms with van der Waals surface area (Å²) in [5.41, 5.74) is 3.12. The minimum atomic E-state index is -0.418. The van der Waals surface area contributed by atoms with E-state index in [0.717, 1.165) is 43.6 Å². The molecule has 298 valence electrons. The fraction of sp³-hybridized carbons (Fsp3) is 0.898. The number of rotatable bonds is 20. The molecular weight excluding hydrogens is 637 g/mol. The van der Waals surface area contributed by atoms with Crippen molar-refractivity contribution in [1.82, 2.24) is 0 Å². The van der Waals surface area contributed by atoms with Crippen LogP contribution in [0.1, 0.15) is 215 Å². The Bertz CT molecular complexity index is 1190. The fourth-order valence-electron chi connectivity index (χ4n) is 14.4. The third-order valence-corrected chi connectivity index (χ3v) is 17.4. The second-order valence-corrected chi connectivity index (χ2v) is 20.4. The van der Waals surface area contributed by atoms with Crippen LogP contribution in [-0.4, -0.2) is 23.3 Å². The average Bonchev–Trinajstić information content (AvgIpc) is 3.45. The first-order chi connectivity index (χ1) is 24.8. The van der Waals surface area contributed by atoms with Gasteiger partial charge in [-0.2, -0.15) is 0 Å². The number of aliphatic hydroxyl groups excluding tert-OH is 1. The summed E-state index contributed by atoms with van der Waals surface area (Å²) in [7, 11) is 0. The van der Waals surface area contributed by atoms with Crippen molar-refractivity contribution in [2.45, 2.75) is 227 Å². The number of unbranched alkanes of at least 4 members (excludes halogenated alkanes) is 16. The molecule has 0 aromatic carbocycles. The number of carbonyl (C=O) groups excluding carboxylic acids is 1. The predicted molar refractivity (Wildman–Crippen MR) is 220 cm³/mol. The summed E-state index contributed by atoms with van der Waals surface area (Å²) in [6, 6.07) is 0.